The van der Waals surface area contributed by atoms with Crippen molar-refractivity contribution in [1.82, 2.24) is 5.32 Å². The number of aryl methyl sites for hydroxylation is 1. The van der Waals surface area contributed by atoms with E-state index in [0.717, 1.165) is 12.1 Å². The lowest BCUT2D eigenvalue weighted by Gasteiger charge is -2.14. The van der Waals surface area contributed by atoms with Gasteiger partial charge in [0.1, 0.15) is 11.9 Å². The fraction of sp³-hybridized carbons (Fsp3) is 0.240. The Morgan fingerprint density at radius 3 is 2.58 bits per heavy atom. The highest BCUT2D eigenvalue weighted by atomic mass is 79.9. The van der Waals surface area contributed by atoms with Crippen molar-refractivity contribution < 1.29 is 40.3 Å². The van der Waals surface area contributed by atoms with Gasteiger partial charge in [0.15, 0.2) is 18.9 Å². The molecule has 1 aromatic heterocycles. The quantitative estimate of drug-likeness (QED) is 0.491. The van der Waals surface area contributed by atoms with E-state index in [9.17, 15) is 14.0 Å². The van der Waals surface area contributed by atoms with Crippen molar-refractivity contribution in [2.75, 3.05) is 18.0 Å². The molecule has 8 heteroatoms. The smallest absolute Gasteiger partial charge is 0.414 e. The number of hydrogen-bond donors (Lipinski definition) is 1. The highest BCUT2D eigenvalue weighted by Gasteiger charge is 2.32. The summed E-state index contributed by atoms with van der Waals surface area (Å²) < 4.78 is 22.2. The maximum atomic E-state index is 14.9. The van der Waals surface area contributed by atoms with E-state index in [1.165, 1.54) is 29.0 Å². The van der Waals surface area contributed by atoms with Crippen LogP contribution in [0.5, 0.6) is 0 Å². The third-order valence-corrected chi connectivity index (χ3v) is 5.53. The average molecular weight is 514 g/mol. The Kier molecular flexibility index (Phi) is 7.81. The van der Waals surface area contributed by atoms with Gasteiger partial charge in [-0.05, 0) is 36.2 Å². The topological polar surface area (TPSA) is 62.5 Å². The van der Waals surface area contributed by atoms with E-state index >= 15 is 0 Å². The van der Waals surface area contributed by atoms with Crippen molar-refractivity contribution in [3.8, 4) is 11.1 Å². The molecule has 1 saturated heterocycles. The molecule has 33 heavy (non-hydrogen) atoms. The largest absolute Gasteiger partial charge is 1.00 e. The Hall–Kier alpha value is -3.26. The number of aromatic nitrogens is 1. The first-order valence-corrected chi connectivity index (χ1v) is 10.5. The number of amides is 2. The molecule has 1 fully saturated rings. The van der Waals surface area contributed by atoms with Crippen molar-refractivity contribution in [2.24, 2.45) is 0 Å². The molecule has 0 saturated carbocycles. The number of benzene rings is 2. The van der Waals surface area contributed by atoms with Gasteiger partial charge in [-0.2, -0.15) is 0 Å². The molecule has 0 bridgehead atoms. The van der Waals surface area contributed by atoms with Crippen LogP contribution >= 0.6 is 0 Å². The molecule has 4 rings (SSSR count). The van der Waals surface area contributed by atoms with Gasteiger partial charge in [-0.3, -0.25) is 9.69 Å². The number of hydrogen-bond acceptors (Lipinski definition) is 3. The molecule has 0 radical (unpaired) electrons. The van der Waals surface area contributed by atoms with E-state index in [0.29, 0.717) is 11.3 Å². The van der Waals surface area contributed by atoms with Crippen LogP contribution in [-0.4, -0.2) is 31.2 Å². The SMILES string of the molecule is CC(=O)NC[C@H]1CN(c2ccc(-c3cc[n+](Cc4ccccc4C)cc3)c(F)c2)C(=O)O1.[Br-]. The second-order valence-corrected chi connectivity index (χ2v) is 7.90. The number of ether oxygens (including phenoxy) is 1. The number of pyridine rings is 1. The zero-order chi connectivity index (χ0) is 22.7. The van der Waals surface area contributed by atoms with Crippen LogP contribution in [0.1, 0.15) is 18.1 Å². The van der Waals surface area contributed by atoms with Gasteiger partial charge < -0.3 is 27.0 Å². The van der Waals surface area contributed by atoms with Crippen molar-refractivity contribution in [3.63, 3.8) is 0 Å². The summed E-state index contributed by atoms with van der Waals surface area (Å²) in [7, 11) is 0. The van der Waals surface area contributed by atoms with E-state index < -0.39 is 18.0 Å². The van der Waals surface area contributed by atoms with E-state index in [1.54, 1.807) is 12.1 Å². The van der Waals surface area contributed by atoms with Crippen LogP contribution in [0, 0.1) is 12.7 Å². The van der Waals surface area contributed by atoms with Gasteiger partial charge in [0.05, 0.1) is 18.8 Å². The molecule has 6 nitrogen and oxygen atoms in total. The Labute approximate surface area is 202 Å². The van der Waals surface area contributed by atoms with Crippen LogP contribution in [0.25, 0.3) is 11.1 Å². The molecular formula is C25H25BrFN3O3. The summed E-state index contributed by atoms with van der Waals surface area (Å²) in [5.41, 5.74) is 4.09. The second kappa shape index (κ2) is 10.6. The fourth-order valence-electron chi connectivity index (χ4n) is 3.73. The molecule has 0 spiro atoms. The minimum Gasteiger partial charge on any atom is -1.00 e. The predicted octanol–water partition coefficient (Wildman–Crippen LogP) is 0.602. The zero-order valence-corrected chi connectivity index (χ0v) is 20.0. The maximum absolute atomic E-state index is 14.9. The highest BCUT2D eigenvalue weighted by Crippen LogP contribution is 2.28. The van der Waals surface area contributed by atoms with Gasteiger partial charge in [-0.25, -0.2) is 13.8 Å². The number of nitrogens with one attached hydrogen (secondary N) is 1. The zero-order valence-electron chi connectivity index (χ0n) is 18.4. The van der Waals surface area contributed by atoms with Crippen molar-refractivity contribution >= 4 is 17.7 Å². The minimum absolute atomic E-state index is 0. The summed E-state index contributed by atoms with van der Waals surface area (Å²) in [5, 5.41) is 2.63. The predicted molar refractivity (Wildman–Crippen MR) is 119 cm³/mol. The second-order valence-electron chi connectivity index (χ2n) is 7.90. The molecule has 2 heterocycles. The molecule has 0 aliphatic carbocycles. The number of carbonyl (C=O) groups is 2. The van der Waals surface area contributed by atoms with Crippen molar-refractivity contribution in [3.05, 3.63) is 83.9 Å². The monoisotopic (exact) mass is 513 g/mol. The number of cyclic esters (lactones) is 1. The van der Waals surface area contributed by atoms with Crippen LogP contribution in [-0.2, 0) is 16.1 Å². The molecule has 2 amide bonds. The number of rotatable bonds is 6. The Morgan fingerprint density at radius 1 is 1.18 bits per heavy atom. The normalized spacial score (nSPS) is 15.1. The first-order chi connectivity index (χ1) is 15.4. The van der Waals surface area contributed by atoms with Gasteiger partial charge in [-0.15, -0.1) is 0 Å². The van der Waals surface area contributed by atoms with Gasteiger partial charge in [-0.1, -0.05) is 24.3 Å². The lowest BCUT2D eigenvalue weighted by molar-refractivity contribution is -0.688. The van der Waals surface area contributed by atoms with Gasteiger partial charge in [0, 0.05) is 30.2 Å². The maximum Gasteiger partial charge on any atom is 0.414 e. The first kappa shape index (κ1) is 24.4. The molecular weight excluding hydrogens is 489 g/mol. The van der Waals surface area contributed by atoms with E-state index in [-0.39, 0.29) is 36.0 Å². The summed E-state index contributed by atoms with van der Waals surface area (Å²) in [6.07, 6.45) is 2.84. The Balaban J connectivity index is 0.00000306. The first-order valence-electron chi connectivity index (χ1n) is 10.5. The van der Waals surface area contributed by atoms with Crippen molar-refractivity contribution in [1.29, 1.82) is 0 Å². The van der Waals surface area contributed by atoms with Crippen LogP contribution in [0.15, 0.2) is 67.0 Å². The van der Waals surface area contributed by atoms with Crippen LogP contribution in [0.4, 0.5) is 14.9 Å². The van der Waals surface area contributed by atoms with Crippen LogP contribution in [0.2, 0.25) is 0 Å². The lowest BCUT2D eigenvalue weighted by Crippen LogP contribution is -3.00. The Bertz CT molecular complexity index is 1150. The standard InChI is InChI=1S/C25H24FN3O3.BrH/c1-17-5-3-4-6-20(17)15-28-11-9-19(10-12-28)23-8-7-21(13-24(23)26)29-16-22(32-25(29)31)14-27-18(2)30;/h3-13,22H,14-16H2,1-2H3;1H/t22-;/m0./s1. The number of carbonyl (C=O) groups excluding carboxylic acids is 2. The van der Waals surface area contributed by atoms with Crippen LogP contribution in [0.3, 0.4) is 0 Å². The molecule has 1 aliphatic heterocycles. The van der Waals surface area contributed by atoms with E-state index in [1.807, 2.05) is 41.2 Å². The third kappa shape index (κ3) is 5.76. The molecule has 3 aromatic rings. The van der Waals surface area contributed by atoms with Crippen LogP contribution < -0.4 is 31.8 Å². The lowest BCUT2D eigenvalue weighted by atomic mass is 10.1. The fourth-order valence-corrected chi connectivity index (χ4v) is 3.73. The summed E-state index contributed by atoms with van der Waals surface area (Å²) in [5.74, 6) is -0.616. The third-order valence-electron chi connectivity index (χ3n) is 5.53. The average Bonchev–Trinajstić information content (AvgIpc) is 3.15. The van der Waals surface area contributed by atoms with E-state index in [4.69, 9.17) is 4.74 Å². The molecule has 1 N–H and O–H groups in total. The summed E-state index contributed by atoms with van der Waals surface area (Å²) in [6.45, 7) is 4.70. The number of halogens is 2. The number of nitrogens with zero attached hydrogens (tertiary/aromatic N) is 2. The summed E-state index contributed by atoms with van der Waals surface area (Å²) in [6, 6.07) is 16.7. The molecule has 1 aliphatic rings. The van der Waals surface area contributed by atoms with Gasteiger partial charge in [0.25, 0.3) is 0 Å². The summed E-state index contributed by atoms with van der Waals surface area (Å²) in [4.78, 5) is 24.6. The molecule has 172 valence electrons. The number of anilines is 1. The molecule has 1 atom stereocenters. The van der Waals surface area contributed by atoms with Gasteiger partial charge in [0.2, 0.25) is 5.91 Å². The Morgan fingerprint density at radius 2 is 1.91 bits per heavy atom. The van der Waals surface area contributed by atoms with Crippen molar-refractivity contribution in [2.45, 2.75) is 26.5 Å². The summed E-state index contributed by atoms with van der Waals surface area (Å²) >= 11 is 0. The highest BCUT2D eigenvalue weighted by molar-refractivity contribution is 5.90. The van der Waals surface area contributed by atoms with Gasteiger partial charge >= 0.3 is 6.09 Å². The molecule has 2 aromatic carbocycles. The van der Waals surface area contributed by atoms with E-state index in [2.05, 4.69) is 24.4 Å². The minimum atomic E-state index is -0.551. The molecule has 0 unspecified atom stereocenters.